The summed E-state index contributed by atoms with van der Waals surface area (Å²) in [7, 11) is 1.98. The van der Waals surface area contributed by atoms with Crippen LogP contribution in [0.4, 0.5) is 11.8 Å². The number of anilines is 2. The highest BCUT2D eigenvalue weighted by Gasteiger charge is 2.24. The van der Waals surface area contributed by atoms with Gasteiger partial charge in [-0.3, -0.25) is 0 Å². The first-order valence-electron chi connectivity index (χ1n) is 8.24. The summed E-state index contributed by atoms with van der Waals surface area (Å²) in [6.45, 7) is 2.36. The number of hydrogen-bond acceptors (Lipinski definition) is 7. The highest BCUT2D eigenvalue weighted by Crippen LogP contribution is 2.27. The van der Waals surface area contributed by atoms with Gasteiger partial charge in [-0.1, -0.05) is 11.6 Å². The highest BCUT2D eigenvalue weighted by molar-refractivity contribution is 6.30. The van der Waals surface area contributed by atoms with Gasteiger partial charge in [0.25, 0.3) is 0 Å². The van der Waals surface area contributed by atoms with Crippen molar-refractivity contribution >= 4 is 34.3 Å². The molecule has 0 bridgehead atoms. The molecule has 1 saturated heterocycles. The number of rotatable bonds is 5. The Hall–Kier alpha value is -2.38. The Morgan fingerprint density at radius 2 is 2.32 bits per heavy atom. The lowest BCUT2D eigenvalue weighted by Crippen LogP contribution is -2.30. The van der Waals surface area contributed by atoms with Crippen LogP contribution < -0.4 is 15.5 Å². The molecular weight excluding hydrogens is 340 g/mol. The first-order chi connectivity index (χ1) is 12.2. The molecule has 1 aliphatic heterocycles. The monoisotopic (exact) mass is 358 g/mol. The molecule has 1 aliphatic rings. The molecule has 25 heavy (non-hydrogen) atoms. The molecule has 0 saturated carbocycles. The third-order valence-corrected chi connectivity index (χ3v) is 4.63. The second-order valence-corrected chi connectivity index (χ2v) is 6.44. The fraction of sp³-hybridized carbons (Fsp3) is 0.353. The fourth-order valence-corrected chi connectivity index (χ4v) is 3.19. The minimum absolute atomic E-state index is 0.418. The van der Waals surface area contributed by atoms with E-state index in [-0.39, 0.29) is 0 Å². The van der Waals surface area contributed by atoms with Gasteiger partial charge >= 0.3 is 0 Å². The molecule has 3 aromatic heterocycles. The van der Waals surface area contributed by atoms with Gasteiger partial charge in [0.2, 0.25) is 5.95 Å². The summed E-state index contributed by atoms with van der Waals surface area (Å²) < 4.78 is 5.39. The largest absolute Gasteiger partial charge is 0.467 e. The molecule has 1 atom stereocenters. The lowest BCUT2D eigenvalue weighted by molar-refractivity contribution is 0.518. The van der Waals surface area contributed by atoms with Crippen molar-refractivity contribution in [1.82, 2.24) is 20.3 Å². The topological polar surface area (TPSA) is 79.1 Å². The van der Waals surface area contributed by atoms with E-state index in [1.54, 1.807) is 18.5 Å². The molecule has 2 N–H and O–H groups in total. The third kappa shape index (κ3) is 3.38. The molecule has 0 amide bonds. The molecule has 7 nitrogen and oxygen atoms in total. The summed E-state index contributed by atoms with van der Waals surface area (Å²) in [6.07, 6.45) is 4.42. The number of hydrogen-bond donors (Lipinski definition) is 2. The van der Waals surface area contributed by atoms with Crippen molar-refractivity contribution < 1.29 is 4.42 Å². The van der Waals surface area contributed by atoms with Gasteiger partial charge in [0.05, 0.1) is 24.5 Å². The van der Waals surface area contributed by atoms with E-state index in [9.17, 15) is 0 Å². The van der Waals surface area contributed by atoms with Crippen LogP contribution in [0.5, 0.6) is 0 Å². The van der Waals surface area contributed by atoms with Crippen molar-refractivity contribution in [3.8, 4) is 0 Å². The van der Waals surface area contributed by atoms with Crippen molar-refractivity contribution in [2.45, 2.75) is 19.0 Å². The molecule has 130 valence electrons. The maximum atomic E-state index is 6.06. The zero-order chi connectivity index (χ0) is 17.2. The van der Waals surface area contributed by atoms with Crippen LogP contribution in [-0.4, -0.2) is 41.1 Å². The minimum Gasteiger partial charge on any atom is -0.467 e. The lowest BCUT2D eigenvalue weighted by atomic mass is 10.3. The number of likely N-dealkylation sites (N-methyl/N-ethyl adjacent to an activating group) is 1. The normalized spacial score (nSPS) is 17.4. The Bertz CT molecular complexity index is 869. The maximum absolute atomic E-state index is 6.06. The molecule has 0 aliphatic carbocycles. The summed E-state index contributed by atoms with van der Waals surface area (Å²) in [4.78, 5) is 15.8. The highest BCUT2D eigenvalue weighted by atomic mass is 35.5. The zero-order valence-electron chi connectivity index (χ0n) is 13.9. The van der Waals surface area contributed by atoms with E-state index < -0.39 is 0 Å². The average Bonchev–Trinajstić information content (AvgIpc) is 3.31. The Morgan fingerprint density at radius 1 is 1.40 bits per heavy atom. The van der Waals surface area contributed by atoms with Gasteiger partial charge in [-0.05, 0) is 31.7 Å². The van der Waals surface area contributed by atoms with E-state index >= 15 is 0 Å². The zero-order valence-corrected chi connectivity index (χ0v) is 14.6. The van der Waals surface area contributed by atoms with E-state index in [0.717, 1.165) is 42.0 Å². The molecular formula is C17H19ClN6O. The van der Waals surface area contributed by atoms with E-state index in [1.165, 1.54) is 0 Å². The summed E-state index contributed by atoms with van der Waals surface area (Å²) in [5.74, 6) is 2.27. The summed E-state index contributed by atoms with van der Waals surface area (Å²) in [6, 6.07) is 6.03. The fourth-order valence-electron chi connectivity index (χ4n) is 3.03. The van der Waals surface area contributed by atoms with Crippen LogP contribution in [0.2, 0.25) is 5.15 Å². The van der Waals surface area contributed by atoms with Gasteiger partial charge in [0.1, 0.15) is 16.7 Å². The average molecular weight is 359 g/mol. The van der Waals surface area contributed by atoms with E-state index in [1.807, 2.05) is 19.2 Å². The third-order valence-electron chi connectivity index (χ3n) is 4.43. The first-order valence-corrected chi connectivity index (χ1v) is 8.62. The minimum atomic E-state index is 0.418. The molecule has 1 fully saturated rings. The van der Waals surface area contributed by atoms with E-state index in [0.29, 0.717) is 23.7 Å². The summed E-state index contributed by atoms with van der Waals surface area (Å²) in [5, 5.41) is 7.91. The molecule has 1 unspecified atom stereocenters. The van der Waals surface area contributed by atoms with Crippen LogP contribution >= 0.6 is 11.6 Å². The SMILES string of the molecule is CNC1CCN(c2nc(NCc3ccco3)c3cc(Cl)ncc3n2)C1. The predicted molar refractivity (Wildman–Crippen MR) is 98.1 cm³/mol. The van der Waals surface area contributed by atoms with Crippen LogP contribution in [0.15, 0.2) is 35.1 Å². The van der Waals surface area contributed by atoms with Crippen LogP contribution in [0.3, 0.4) is 0 Å². The van der Waals surface area contributed by atoms with Gasteiger partial charge in [0, 0.05) is 24.5 Å². The van der Waals surface area contributed by atoms with Crippen LogP contribution in [0.1, 0.15) is 12.2 Å². The Morgan fingerprint density at radius 3 is 3.08 bits per heavy atom. The van der Waals surface area contributed by atoms with Crippen molar-refractivity contribution in [2.24, 2.45) is 0 Å². The van der Waals surface area contributed by atoms with Crippen molar-refractivity contribution in [2.75, 3.05) is 30.4 Å². The van der Waals surface area contributed by atoms with Gasteiger partial charge in [-0.2, -0.15) is 4.98 Å². The number of nitrogens with zero attached hydrogens (tertiary/aromatic N) is 4. The Labute approximate surface area is 150 Å². The first kappa shape index (κ1) is 16.1. The quantitative estimate of drug-likeness (QED) is 0.679. The van der Waals surface area contributed by atoms with Crippen LogP contribution in [0.25, 0.3) is 10.9 Å². The standard InChI is InChI=1S/C17H19ClN6O/c1-19-11-4-5-24(10-11)17-22-14-9-20-15(18)7-13(14)16(23-17)21-8-12-3-2-6-25-12/h2-3,6-7,9,11,19H,4-5,8,10H2,1H3,(H,21,22,23). The molecule has 0 spiro atoms. The molecule has 0 aromatic carbocycles. The maximum Gasteiger partial charge on any atom is 0.228 e. The smallest absolute Gasteiger partial charge is 0.228 e. The molecule has 4 heterocycles. The number of aromatic nitrogens is 3. The molecule has 8 heteroatoms. The predicted octanol–water partition coefficient (Wildman–Crippen LogP) is 2.68. The van der Waals surface area contributed by atoms with Crippen LogP contribution in [-0.2, 0) is 6.54 Å². The van der Waals surface area contributed by atoms with Gasteiger partial charge in [0.15, 0.2) is 0 Å². The van der Waals surface area contributed by atoms with Crippen molar-refractivity contribution in [3.63, 3.8) is 0 Å². The summed E-state index contributed by atoms with van der Waals surface area (Å²) in [5.41, 5.74) is 0.768. The number of halogens is 1. The van der Waals surface area contributed by atoms with Gasteiger partial charge in [-0.15, -0.1) is 0 Å². The van der Waals surface area contributed by atoms with Gasteiger partial charge in [-0.25, -0.2) is 9.97 Å². The number of fused-ring (bicyclic) bond motifs is 1. The van der Waals surface area contributed by atoms with Crippen molar-refractivity contribution in [3.05, 3.63) is 41.6 Å². The van der Waals surface area contributed by atoms with E-state index in [4.69, 9.17) is 21.0 Å². The number of pyridine rings is 1. The lowest BCUT2D eigenvalue weighted by Gasteiger charge is -2.18. The molecule has 4 rings (SSSR count). The Kier molecular flexibility index (Phi) is 4.42. The van der Waals surface area contributed by atoms with Gasteiger partial charge < -0.3 is 20.0 Å². The Balaban J connectivity index is 1.69. The van der Waals surface area contributed by atoms with Crippen molar-refractivity contribution in [1.29, 1.82) is 0 Å². The second-order valence-electron chi connectivity index (χ2n) is 6.05. The summed E-state index contributed by atoms with van der Waals surface area (Å²) >= 11 is 6.06. The number of nitrogens with one attached hydrogen (secondary N) is 2. The number of furan rings is 1. The van der Waals surface area contributed by atoms with E-state index in [2.05, 4.69) is 25.5 Å². The second kappa shape index (κ2) is 6.85. The molecule has 0 radical (unpaired) electrons. The molecule has 3 aromatic rings. The van der Waals surface area contributed by atoms with Crippen LogP contribution in [0, 0.1) is 0 Å².